The molecule has 2 aromatic heterocycles. The number of hydrogen-bond donors (Lipinski definition) is 2. The molecule has 1 unspecified atom stereocenters. The Hall–Kier alpha value is -4.50. The standard InChI is InChI=1S/C28H27FN8/c1-28(2,3)16-33-25-19(13-31)14-32-27-22(25)10-20(11-23(27)29)34-26(18-6-4-5-17(9-18)12-30)24-15-37(36-35-24)21-7-8-21/h4-6,9-11,14-15,21,26,34H,7-8,16H2,1-3H3,(H,32,33). The molecule has 0 amide bonds. The Labute approximate surface area is 214 Å². The predicted molar refractivity (Wildman–Crippen MR) is 139 cm³/mol. The molecule has 0 saturated heterocycles. The summed E-state index contributed by atoms with van der Waals surface area (Å²) in [6, 6.07) is 14.6. The zero-order chi connectivity index (χ0) is 26.2. The van der Waals surface area contributed by atoms with Crippen molar-refractivity contribution in [3.8, 4) is 12.1 Å². The van der Waals surface area contributed by atoms with Crippen molar-refractivity contribution in [1.29, 1.82) is 10.5 Å². The Morgan fingerprint density at radius 3 is 2.68 bits per heavy atom. The van der Waals surface area contributed by atoms with E-state index in [1.54, 1.807) is 18.2 Å². The topological polar surface area (TPSA) is 115 Å². The minimum atomic E-state index is -0.505. The summed E-state index contributed by atoms with van der Waals surface area (Å²) in [5.41, 5.74) is 3.50. The van der Waals surface area contributed by atoms with Crippen molar-refractivity contribution >= 4 is 22.3 Å². The minimum Gasteiger partial charge on any atom is -0.383 e. The number of fused-ring (bicyclic) bond motifs is 1. The number of halogens is 1. The second kappa shape index (κ2) is 9.51. The molecule has 0 aliphatic heterocycles. The number of nitrogens with one attached hydrogen (secondary N) is 2. The summed E-state index contributed by atoms with van der Waals surface area (Å²) in [5, 5.41) is 35.1. The Morgan fingerprint density at radius 1 is 1.16 bits per heavy atom. The lowest BCUT2D eigenvalue weighted by Crippen LogP contribution is -2.20. The maximum absolute atomic E-state index is 15.3. The van der Waals surface area contributed by atoms with E-state index in [1.165, 1.54) is 12.3 Å². The molecule has 1 aliphatic carbocycles. The van der Waals surface area contributed by atoms with Crippen LogP contribution in [0.3, 0.4) is 0 Å². The molecule has 0 spiro atoms. The molecule has 1 atom stereocenters. The van der Waals surface area contributed by atoms with Gasteiger partial charge < -0.3 is 10.6 Å². The largest absolute Gasteiger partial charge is 0.383 e. The number of nitriles is 2. The molecular formula is C28H27FN8. The van der Waals surface area contributed by atoms with E-state index < -0.39 is 11.9 Å². The lowest BCUT2D eigenvalue weighted by atomic mass is 9.96. The first-order chi connectivity index (χ1) is 17.8. The third kappa shape index (κ3) is 5.22. The van der Waals surface area contributed by atoms with Crippen LogP contribution < -0.4 is 10.6 Å². The predicted octanol–water partition coefficient (Wildman–Crippen LogP) is 5.70. The van der Waals surface area contributed by atoms with E-state index in [2.05, 4.69) is 58.8 Å². The van der Waals surface area contributed by atoms with E-state index in [0.29, 0.717) is 46.2 Å². The molecule has 9 heteroatoms. The van der Waals surface area contributed by atoms with Crippen LogP contribution in [0.1, 0.15) is 68.1 Å². The van der Waals surface area contributed by atoms with Crippen molar-refractivity contribution < 1.29 is 4.39 Å². The number of rotatable bonds is 7. The number of benzene rings is 2. The molecule has 2 heterocycles. The first kappa shape index (κ1) is 24.2. The van der Waals surface area contributed by atoms with Gasteiger partial charge in [0.25, 0.3) is 0 Å². The molecule has 2 N–H and O–H groups in total. The maximum atomic E-state index is 15.3. The van der Waals surface area contributed by atoms with E-state index in [0.717, 1.165) is 18.4 Å². The zero-order valence-electron chi connectivity index (χ0n) is 21.0. The molecule has 8 nitrogen and oxygen atoms in total. The Balaban J connectivity index is 1.59. The first-order valence-electron chi connectivity index (χ1n) is 12.2. The minimum absolute atomic E-state index is 0.0546. The molecule has 186 valence electrons. The number of hydrogen-bond acceptors (Lipinski definition) is 7. The lowest BCUT2D eigenvalue weighted by molar-refractivity contribution is 0.443. The molecule has 4 aromatic rings. The van der Waals surface area contributed by atoms with Crippen molar-refractivity contribution in [3.63, 3.8) is 0 Å². The molecular weight excluding hydrogens is 467 g/mol. The van der Waals surface area contributed by atoms with Crippen LogP contribution >= 0.6 is 0 Å². The van der Waals surface area contributed by atoms with Crippen LogP contribution in [0.5, 0.6) is 0 Å². The Bertz CT molecular complexity index is 1550. The summed E-state index contributed by atoms with van der Waals surface area (Å²) < 4.78 is 17.2. The lowest BCUT2D eigenvalue weighted by Gasteiger charge is -2.22. The van der Waals surface area contributed by atoms with Gasteiger partial charge in [-0.25, -0.2) is 9.07 Å². The second-order valence-corrected chi connectivity index (χ2v) is 10.6. The van der Waals surface area contributed by atoms with E-state index in [-0.39, 0.29) is 10.9 Å². The van der Waals surface area contributed by atoms with Gasteiger partial charge in [-0.05, 0) is 48.1 Å². The van der Waals surface area contributed by atoms with Crippen molar-refractivity contribution in [1.82, 2.24) is 20.0 Å². The SMILES string of the molecule is CC(C)(C)CNc1c(C#N)cnc2c(F)cc(NC(c3cccc(C#N)c3)c3cn(C4CC4)nn3)cc12. The number of nitrogens with zero attached hydrogens (tertiary/aromatic N) is 6. The highest BCUT2D eigenvalue weighted by Gasteiger charge is 2.27. The number of aromatic nitrogens is 4. The van der Waals surface area contributed by atoms with Crippen molar-refractivity contribution in [3.05, 3.63) is 77.0 Å². The average molecular weight is 495 g/mol. The van der Waals surface area contributed by atoms with Gasteiger partial charge in [0, 0.05) is 23.8 Å². The quantitative estimate of drug-likeness (QED) is 0.338. The number of pyridine rings is 1. The van der Waals surface area contributed by atoms with E-state index in [1.807, 2.05) is 23.0 Å². The average Bonchev–Trinajstić information content (AvgIpc) is 3.62. The zero-order valence-corrected chi connectivity index (χ0v) is 21.0. The van der Waals surface area contributed by atoms with Crippen LogP contribution in [-0.2, 0) is 0 Å². The van der Waals surface area contributed by atoms with Crippen molar-refractivity contribution in [2.45, 2.75) is 45.7 Å². The fraction of sp³-hybridized carbons (Fsp3) is 0.321. The molecule has 37 heavy (non-hydrogen) atoms. The van der Waals surface area contributed by atoms with Gasteiger partial charge in [-0.1, -0.05) is 38.1 Å². The smallest absolute Gasteiger partial charge is 0.151 e. The van der Waals surface area contributed by atoms with Crippen LogP contribution in [0.15, 0.2) is 48.8 Å². The van der Waals surface area contributed by atoms with Crippen LogP contribution in [0.2, 0.25) is 0 Å². The summed E-state index contributed by atoms with van der Waals surface area (Å²) in [6.07, 6.45) is 5.44. The molecule has 0 bridgehead atoms. The fourth-order valence-corrected chi connectivity index (χ4v) is 4.19. The first-order valence-corrected chi connectivity index (χ1v) is 12.2. The second-order valence-electron chi connectivity index (χ2n) is 10.6. The van der Waals surface area contributed by atoms with Gasteiger partial charge in [0.1, 0.15) is 17.3 Å². The number of anilines is 2. The normalized spacial score (nSPS) is 14.1. The third-order valence-electron chi connectivity index (χ3n) is 6.25. The van der Waals surface area contributed by atoms with Crippen LogP contribution in [0.25, 0.3) is 10.9 Å². The van der Waals surface area contributed by atoms with Gasteiger partial charge in [0.2, 0.25) is 0 Å². The molecule has 1 aliphatic rings. The van der Waals surface area contributed by atoms with Crippen LogP contribution in [0, 0.1) is 33.9 Å². The molecule has 5 rings (SSSR count). The highest BCUT2D eigenvalue weighted by Crippen LogP contribution is 2.36. The highest BCUT2D eigenvalue weighted by atomic mass is 19.1. The third-order valence-corrected chi connectivity index (χ3v) is 6.25. The summed E-state index contributed by atoms with van der Waals surface area (Å²) in [4.78, 5) is 4.22. The summed E-state index contributed by atoms with van der Waals surface area (Å²) in [5.74, 6) is -0.505. The summed E-state index contributed by atoms with van der Waals surface area (Å²) >= 11 is 0. The molecule has 2 aromatic carbocycles. The van der Waals surface area contributed by atoms with E-state index in [9.17, 15) is 10.5 Å². The summed E-state index contributed by atoms with van der Waals surface area (Å²) in [6.45, 7) is 6.83. The summed E-state index contributed by atoms with van der Waals surface area (Å²) in [7, 11) is 0. The maximum Gasteiger partial charge on any atom is 0.151 e. The van der Waals surface area contributed by atoms with Gasteiger partial charge in [0.05, 0.1) is 41.2 Å². The van der Waals surface area contributed by atoms with Crippen LogP contribution in [0.4, 0.5) is 15.8 Å². The van der Waals surface area contributed by atoms with Gasteiger partial charge in [0.15, 0.2) is 5.82 Å². The fourth-order valence-electron chi connectivity index (χ4n) is 4.19. The van der Waals surface area contributed by atoms with Gasteiger partial charge >= 0.3 is 0 Å². The van der Waals surface area contributed by atoms with E-state index in [4.69, 9.17) is 0 Å². The Kier molecular flexibility index (Phi) is 6.22. The van der Waals surface area contributed by atoms with Gasteiger partial charge in [-0.3, -0.25) is 4.98 Å². The van der Waals surface area contributed by atoms with Gasteiger partial charge in [-0.15, -0.1) is 5.10 Å². The van der Waals surface area contributed by atoms with Crippen molar-refractivity contribution in [2.24, 2.45) is 5.41 Å². The monoisotopic (exact) mass is 494 g/mol. The van der Waals surface area contributed by atoms with Crippen molar-refractivity contribution in [2.75, 3.05) is 17.2 Å². The van der Waals surface area contributed by atoms with Crippen LogP contribution in [-0.4, -0.2) is 26.5 Å². The Morgan fingerprint density at radius 2 is 1.97 bits per heavy atom. The molecule has 1 fully saturated rings. The van der Waals surface area contributed by atoms with Gasteiger partial charge in [-0.2, -0.15) is 10.5 Å². The molecule has 0 radical (unpaired) electrons. The van der Waals surface area contributed by atoms with E-state index >= 15 is 4.39 Å². The highest BCUT2D eigenvalue weighted by molar-refractivity contribution is 5.96. The molecule has 1 saturated carbocycles.